The Balaban J connectivity index is 2.78. The number of amides is 1. The maximum Gasteiger partial charge on any atom is 0.239 e. The molecule has 2 atom stereocenters. The number of rotatable bonds is 4. The van der Waals surface area contributed by atoms with Crippen molar-refractivity contribution in [1.82, 2.24) is 0 Å². The van der Waals surface area contributed by atoms with E-state index in [9.17, 15) is 9.00 Å². The van der Waals surface area contributed by atoms with Gasteiger partial charge in [0.2, 0.25) is 5.91 Å². The van der Waals surface area contributed by atoms with Crippen LogP contribution in [-0.2, 0) is 15.6 Å². The van der Waals surface area contributed by atoms with Gasteiger partial charge in [-0.15, -0.1) is 0 Å². The van der Waals surface area contributed by atoms with E-state index in [0.717, 1.165) is 0 Å². The zero-order chi connectivity index (χ0) is 13.0. The molecule has 0 heterocycles. The van der Waals surface area contributed by atoms with Gasteiger partial charge in [0, 0.05) is 22.2 Å². The van der Waals surface area contributed by atoms with Crippen molar-refractivity contribution < 1.29 is 9.00 Å². The molecule has 1 rings (SSSR count). The van der Waals surface area contributed by atoms with Gasteiger partial charge in [-0.05, 0) is 25.1 Å². The van der Waals surface area contributed by atoms with Gasteiger partial charge in [0.15, 0.2) is 0 Å². The Bertz CT molecular complexity index is 451. The van der Waals surface area contributed by atoms with Crippen LogP contribution in [0, 0.1) is 0 Å². The molecule has 4 nitrogen and oxygen atoms in total. The number of nitrogens with two attached hydrogens (primary N) is 1. The molecular weight excluding hydrogens is 260 g/mol. The molecule has 0 saturated heterocycles. The van der Waals surface area contributed by atoms with Crippen molar-refractivity contribution in [1.29, 1.82) is 0 Å². The van der Waals surface area contributed by atoms with Crippen LogP contribution < -0.4 is 11.1 Å². The van der Waals surface area contributed by atoms with Crippen LogP contribution in [0.25, 0.3) is 0 Å². The Kier molecular flexibility index (Phi) is 4.96. The van der Waals surface area contributed by atoms with Gasteiger partial charge in [-0.2, -0.15) is 0 Å². The molecule has 94 valence electrons. The molecule has 6 heteroatoms. The first-order valence-corrected chi connectivity index (χ1v) is 6.94. The van der Waals surface area contributed by atoms with E-state index in [1.54, 1.807) is 32.0 Å². The number of nitrogen functional groups attached to an aromatic ring is 1. The molecule has 0 bridgehead atoms. The molecule has 0 spiro atoms. The Labute approximate surface area is 108 Å². The van der Waals surface area contributed by atoms with Gasteiger partial charge < -0.3 is 11.1 Å². The predicted octanol–water partition coefficient (Wildman–Crippen LogP) is 2.02. The number of carbonyl (C=O) groups excluding carboxylic acids is 1. The van der Waals surface area contributed by atoms with E-state index in [0.29, 0.717) is 22.2 Å². The Morgan fingerprint density at radius 2 is 2.24 bits per heavy atom. The lowest BCUT2D eigenvalue weighted by atomic mass is 10.2. The van der Waals surface area contributed by atoms with Gasteiger partial charge >= 0.3 is 0 Å². The normalized spacial score (nSPS) is 14.1. The summed E-state index contributed by atoms with van der Waals surface area (Å²) in [6.07, 6.45) is 0. The topological polar surface area (TPSA) is 72.2 Å². The van der Waals surface area contributed by atoms with Crippen molar-refractivity contribution in [3.63, 3.8) is 0 Å². The highest BCUT2D eigenvalue weighted by Gasteiger charge is 2.19. The molecule has 0 aliphatic carbocycles. The third kappa shape index (κ3) is 3.71. The van der Waals surface area contributed by atoms with Crippen LogP contribution >= 0.6 is 11.6 Å². The summed E-state index contributed by atoms with van der Waals surface area (Å²) in [6.45, 7) is 3.40. The van der Waals surface area contributed by atoms with Crippen LogP contribution in [0.5, 0.6) is 0 Å². The number of halogens is 1. The van der Waals surface area contributed by atoms with Crippen LogP contribution in [0.1, 0.15) is 13.8 Å². The number of carbonyl (C=O) groups is 1. The summed E-state index contributed by atoms with van der Waals surface area (Å²) < 4.78 is 11.5. The summed E-state index contributed by atoms with van der Waals surface area (Å²) in [5.74, 6) is 0.140. The van der Waals surface area contributed by atoms with Gasteiger partial charge in [-0.25, -0.2) is 0 Å². The fourth-order valence-electron chi connectivity index (χ4n) is 1.24. The maximum absolute atomic E-state index is 11.8. The lowest BCUT2D eigenvalue weighted by Crippen LogP contribution is -2.29. The van der Waals surface area contributed by atoms with Crippen molar-refractivity contribution in [2.75, 3.05) is 16.8 Å². The van der Waals surface area contributed by atoms with Crippen molar-refractivity contribution in [3.05, 3.63) is 23.2 Å². The van der Waals surface area contributed by atoms with Gasteiger partial charge in [0.25, 0.3) is 0 Å². The number of benzene rings is 1. The minimum atomic E-state index is -1.17. The molecule has 0 fully saturated rings. The minimum absolute atomic E-state index is 0.308. The largest absolute Gasteiger partial charge is 0.399 e. The third-order valence-corrected chi connectivity index (χ3v) is 4.18. The number of hydrogen-bond acceptors (Lipinski definition) is 3. The fraction of sp³-hybridized carbons (Fsp3) is 0.364. The highest BCUT2D eigenvalue weighted by molar-refractivity contribution is 7.86. The number of nitrogens with one attached hydrogen (secondary N) is 1. The maximum atomic E-state index is 11.8. The highest BCUT2D eigenvalue weighted by atomic mass is 35.5. The molecular formula is C11H15ClN2O2S. The van der Waals surface area contributed by atoms with Crippen molar-refractivity contribution >= 4 is 39.7 Å². The van der Waals surface area contributed by atoms with E-state index in [4.69, 9.17) is 17.3 Å². The van der Waals surface area contributed by atoms with Gasteiger partial charge in [0.05, 0.1) is 10.7 Å². The summed E-state index contributed by atoms with van der Waals surface area (Å²) in [5.41, 5.74) is 6.55. The number of anilines is 2. The standard InChI is InChI=1S/C11H15ClN2O2S/c1-3-17(16)7(2)11(15)14-10-5-4-8(13)6-9(10)12/h4-7H,3,13H2,1-2H3,(H,14,15). The first-order chi connectivity index (χ1) is 7.95. The molecule has 0 saturated carbocycles. The van der Waals surface area contributed by atoms with Crippen LogP contribution in [0.3, 0.4) is 0 Å². The van der Waals surface area contributed by atoms with Crippen molar-refractivity contribution in [2.24, 2.45) is 0 Å². The minimum Gasteiger partial charge on any atom is -0.399 e. The second kappa shape index (κ2) is 6.02. The van der Waals surface area contributed by atoms with E-state index in [1.165, 1.54) is 0 Å². The van der Waals surface area contributed by atoms with E-state index >= 15 is 0 Å². The molecule has 1 aromatic carbocycles. The van der Waals surface area contributed by atoms with Crippen LogP contribution in [-0.4, -0.2) is 21.1 Å². The number of hydrogen-bond donors (Lipinski definition) is 2. The molecule has 1 amide bonds. The van der Waals surface area contributed by atoms with Crippen molar-refractivity contribution in [3.8, 4) is 0 Å². The van der Waals surface area contributed by atoms with Crippen LogP contribution in [0.2, 0.25) is 5.02 Å². The Hall–Kier alpha value is -1.07. The molecule has 17 heavy (non-hydrogen) atoms. The summed E-state index contributed by atoms with van der Waals surface area (Å²) >= 11 is 5.92. The SMILES string of the molecule is CCS(=O)C(C)C(=O)Nc1ccc(N)cc1Cl. The molecule has 0 aliphatic rings. The molecule has 0 radical (unpaired) electrons. The molecule has 1 aromatic rings. The first-order valence-electron chi connectivity index (χ1n) is 5.18. The first kappa shape index (κ1) is 14.0. The molecule has 2 unspecified atom stereocenters. The monoisotopic (exact) mass is 274 g/mol. The molecule has 0 aromatic heterocycles. The lowest BCUT2D eigenvalue weighted by molar-refractivity contribution is -0.115. The summed E-state index contributed by atoms with van der Waals surface area (Å²) in [7, 11) is -1.17. The lowest BCUT2D eigenvalue weighted by Gasteiger charge is -2.12. The van der Waals surface area contributed by atoms with Gasteiger partial charge in [-0.3, -0.25) is 9.00 Å². The second-order valence-corrected chi connectivity index (χ2v) is 5.99. The van der Waals surface area contributed by atoms with E-state index < -0.39 is 16.0 Å². The van der Waals surface area contributed by atoms with E-state index in [-0.39, 0.29) is 5.91 Å². The zero-order valence-corrected chi connectivity index (χ0v) is 11.3. The quantitative estimate of drug-likeness (QED) is 0.825. The summed E-state index contributed by atoms with van der Waals surface area (Å²) in [4.78, 5) is 11.8. The average Bonchev–Trinajstić information content (AvgIpc) is 2.30. The van der Waals surface area contributed by atoms with Gasteiger partial charge in [0.1, 0.15) is 5.25 Å². The Morgan fingerprint density at radius 1 is 1.59 bits per heavy atom. The zero-order valence-electron chi connectivity index (χ0n) is 9.70. The van der Waals surface area contributed by atoms with E-state index in [2.05, 4.69) is 5.32 Å². The summed E-state index contributed by atoms with van der Waals surface area (Å²) in [5, 5.41) is 2.44. The average molecular weight is 275 g/mol. The van der Waals surface area contributed by atoms with E-state index in [1.807, 2.05) is 0 Å². The smallest absolute Gasteiger partial charge is 0.239 e. The highest BCUT2D eigenvalue weighted by Crippen LogP contribution is 2.24. The molecule has 3 N–H and O–H groups in total. The Morgan fingerprint density at radius 3 is 2.76 bits per heavy atom. The predicted molar refractivity (Wildman–Crippen MR) is 72.6 cm³/mol. The second-order valence-electron chi connectivity index (χ2n) is 3.54. The molecule has 0 aliphatic heterocycles. The van der Waals surface area contributed by atoms with Crippen LogP contribution in [0.4, 0.5) is 11.4 Å². The van der Waals surface area contributed by atoms with Crippen LogP contribution in [0.15, 0.2) is 18.2 Å². The summed E-state index contributed by atoms with van der Waals surface area (Å²) in [6, 6.07) is 4.82. The fourth-order valence-corrected chi connectivity index (χ4v) is 2.27. The third-order valence-electron chi connectivity index (χ3n) is 2.30. The van der Waals surface area contributed by atoms with Crippen molar-refractivity contribution in [2.45, 2.75) is 19.1 Å². The van der Waals surface area contributed by atoms with Gasteiger partial charge in [-0.1, -0.05) is 18.5 Å².